The fraction of sp³-hybridized carbons (Fsp3) is 0.474. The predicted molar refractivity (Wildman–Crippen MR) is 98.1 cm³/mol. The van der Waals surface area contributed by atoms with Gasteiger partial charge in [-0.15, -0.1) is 6.58 Å². The number of rotatable bonds is 7. The zero-order chi connectivity index (χ0) is 17.8. The second kappa shape index (κ2) is 7.56. The molecular weight excluding hydrogens is 303 g/mol. The van der Waals surface area contributed by atoms with E-state index in [1.807, 2.05) is 58.0 Å². The fourth-order valence-corrected chi connectivity index (χ4v) is 2.35. The zero-order valence-electron chi connectivity index (χ0n) is 15.3. The molecule has 0 aromatic heterocycles. The minimum absolute atomic E-state index is 0.380. The van der Waals surface area contributed by atoms with Gasteiger partial charge < -0.3 is 18.8 Å². The largest absolute Gasteiger partial charge is 0.497 e. The lowest BCUT2D eigenvalue weighted by molar-refractivity contribution is 0.00578. The predicted octanol–water partition coefficient (Wildman–Crippen LogP) is 3.91. The molecule has 0 saturated carbocycles. The van der Waals surface area contributed by atoms with E-state index in [9.17, 15) is 0 Å². The van der Waals surface area contributed by atoms with Crippen LogP contribution in [-0.4, -0.2) is 38.6 Å². The summed E-state index contributed by atoms with van der Waals surface area (Å²) in [5.41, 5.74) is 1.23. The molecule has 0 atom stereocenters. The second-order valence-corrected chi connectivity index (χ2v) is 6.88. The van der Waals surface area contributed by atoms with E-state index in [0.717, 1.165) is 16.8 Å². The van der Waals surface area contributed by atoms with Crippen molar-refractivity contribution in [2.24, 2.45) is 0 Å². The van der Waals surface area contributed by atoms with Crippen LogP contribution in [0.2, 0.25) is 0 Å². The van der Waals surface area contributed by atoms with E-state index >= 15 is 0 Å². The molecule has 0 aliphatic carbocycles. The Labute approximate surface area is 145 Å². The molecule has 1 aromatic rings. The Morgan fingerprint density at radius 1 is 1.12 bits per heavy atom. The summed E-state index contributed by atoms with van der Waals surface area (Å²) >= 11 is 0. The molecule has 1 heterocycles. The van der Waals surface area contributed by atoms with E-state index in [1.165, 1.54) is 0 Å². The molecule has 1 aromatic carbocycles. The van der Waals surface area contributed by atoms with E-state index in [2.05, 4.69) is 6.58 Å². The first-order chi connectivity index (χ1) is 11.3. The van der Waals surface area contributed by atoms with Gasteiger partial charge in [-0.3, -0.25) is 0 Å². The molecule has 24 heavy (non-hydrogen) atoms. The Bertz CT molecular complexity index is 574. The minimum Gasteiger partial charge on any atom is -0.497 e. The number of hydrogen-bond donors (Lipinski definition) is 0. The van der Waals surface area contributed by atoms with Crippen LogP contribution >= 0.6 is 0 Å². The molecule has 1 saturated heterocycles. The SMILES string of the molecule is C=CCOC/C(=C\c1ccc(OC)cc1)B1OC(C)(C)C(C)(C)O1. The maximum Gasteiger partial charge on any atom is 0.492 e. The molecule has 1 aliphatic rings. The summed E-state index contributed by atoms with van der Waals surface area (Å²) < 4.78 is 23.1. The first kappa shape index (κ1) is 18.8. The summed E-state index contributed by atoms with van der Waals surface area (Å²) in [6, 6.07) is 7.85. The van der Waals surface area contributed by atoms with Crippen LogP contribution < -0.4 is 4.74 Å². The first-order valence-corrected chi connectivity index (χ1v) is 8.18. The van der Waals surface area contributed by atoms with Crippen molar-refractivity contribution < 1.29 is 18.8 Å². The van der Waals surface area contributed by atoms with Gasteiger partial charge in [-0.25, -0.2) is 0 Å². The van der Waals surface area contributed by atoms with Crippen LogP contribution in [0.4, 0.5) is 0 Å². The Balaban J connectivity index is 2.24. The second-order valence-electron chi connectivity index (χ2n) is 6.88. The van der Waals surface area contributed by atoms with E-state index in [-0.39, 0.29) is 11.2 Å². The maximum absolute atomic E-state index is 6.15. The first-order valence-electron chi connectivity index (χ1n) is 8.18. The number of ether oxygens (including phenoxy) is 2. The highest BCUT2D eigenvalue weighted by Crippen LogP contribution is 2.38. The Morgan fingerprint density at radius 2 is 1.71 bits per heavy atom. The highest BCUT2D eigenvalue weighted by molar-refractivity contribution is 6.55. The smallest absolute Gasteiger partial charge is 0.492 e. The van der Waals surface area contributed by atoms with Crippen molar-refractivity contribution in [1.82, 2.24) is 0 Å². The number of methoxy groups -OCH3 is 1. The lowest BCUT2D eigenvalue weighted by Gasteiger charge is -2.32. The van der Waals surface area contributed by atoms with Gasteiger partial charge in [-0.05, 0) is 50.9 Å². The molecule has 0 radical (unpaired) electrons. The van der Waals surface area contributed by atoms with Crippen molar-refractivity contribution in [3.8, 4) is 5.75 Å². The molecule has 0 amide bonds. The zero-order valence-corrected chi connectivity index (χ0v) is 15.3. The van der Waals surface area contributed by atoms with Crippen molar-refractivity contribution >= 4 is 13.2 Å². The summed E-state index contributed by atoms with van der Waals surface area (Å²) in [5, 5.41) is 0. The van der Waals surface area contributed by atoms with Gasteiger partial charge in [0.1, 0.15) is 5.75 Å². The highest BCUT2D eigenvalue weighted by atomic mass is 16.7. The van der Waals surface area contributed by atoms with Gasteiger partial charge in [-0.1, -0.05) is 24.3 Å². The molecular formula is C19H27BO4. The summed E-state index contributed by atoms with van der Waals surface area (Å²) in [7, 11) is 1.23. The summed E-state index contributed by atoms with van der Waals surface area (Å²) in [6.07, 6.45) is 3.78. The van der Waals surface area contributed by atoms with Crippen molar-refractivity contribution in [2.45, 2.75) is 38.9 Å². The van der Waals surface area contributed by atoms with Gasteiger partial charge in [0.25, 0.3) is 0 Å². The summed E-state index contributed by atoms with van der Waals surface area (Å²) in [5.74, 6) is 0.826. The van der Waals surface area contributed by atoms with Gasteiger partial charge in [0.2, 0.25) is 0 Å². The Hall–Kier alpha value is -1.56. The van der Waals surface area contributed by atoms with Crippen LogP contribution in [0.25, 0.3) is 6.08 Å². The third-order valence-corrected chi connectivity index (χ3v) is 4.53. The van der Waals surface area contributed by atoms with Crippen molar-refractivity contribution in [1.29, 1.82) is 0 Å². The molecule has 5 heteroatoms. The topological polar surface area (TPSA) is 36.9 Å². The average molecular weight is 330 g/mol. The van der Waals surface area contributed by atoms with Crippen molar-refractivity contribution in [2.75, 3.05) is 20.3 Å². The van der Waals surface area contributed by atoms with Crippen LogP contribution in [0.3, 0.4) is 0 Å². The fourth-order valence-electron chi connectivity index (χ4n) is 2.35. The lowest BCUT2D eigenvalue weighted by atomic mass is 9.77. The van der Waals surface area contributed by atoms with Gasteiger partial charge in [0.15, 0.2) is 0 Å². The van der Waals surface area contributed by atoms with E-state index in [0.29, 0.717) is 13.2 Å². The molecule has 2 rings (SSSR count). The highest BCUT2D eigenvalue weighted by Gasteiger charge is 2.52. The Morgan fingerprint density at radius 3 is 2.21 bits per heavy atom. The molecule has 4 nitrogen and oxygen atoms in total. The quantitative estimate of drug-likeness (QED) is 0.431. The van der Waals surface area contributed by atoms with Crippen LogP contribution in [0.15, 0.2) is 42.4 Å². The summed E-state index contributed by atoms with van der Waals surface area (Å²) in [4.78, 5) is 0. The Kier molecular flexibility index (Phi) is 5.91. The summed E-state index contributed by atoms with van der Waals surface area (Å²) in [6.45, 7) is 12.8. The van der Waals surface area contributed by atoms with Gasteiger partial charge in [0.05, 0.1) is 31.5 Å². The normalized spacial score (nSPS) is 19.4. The molecule has 1 aliphatic heterocycles. The van der Waals surface area contributed by atoms with Crippen LogP contribution in [-0.2, 0) is 14.0 Å². The minimum atomic E-state index is -0.429. The molecule has 0 spiro atoms. The molecule has 0 bridgehead atoms. The van der Waals surface area contributed by atoms with E-state index < -0.39 is 7.12 Å². The standard InChI is InChI=1S/C19H27BO4/c1-7-12-22-14-16(13-15-8-10-17(21-6)11-9-15)20-23-18(2,3)19(4,5)24-20/h7-11,13H,1,12,14H2,2-6H3/b16-13+. The van der Waals surface area contributed by atoms with Crippen LogP contribution in [0, 0.1) is 0 Å². The van der Waals surface area contributed by atoms with Gasteiger partial charge >= 0.3 is 7.12 Å². The lowest BCUT2D eigenvalue weighted by Crippen LogP contribution is -2.41. The van der Waals surface area contributed by atoms with Crippen LogP contribution in [0.1, 0.15) is 33.3 Å². The van der Waals surface area contributed by atoms with Crippen molar-refractivity contribution in [3.05, 3.63) is 48.0 Å². The van der Waals surface area contributed by atoms with Crippen LogP contribution in [0.5, 0.6) is 5.75 Å². The maximum atomic E-state index is 6.15. The molecule has 1 fully saturated rings. The molecule has 0 unspecified atom stereocenters. The molecule has 130 valence electrons. The van der Waals surface area contributed by atoms with E-state index in [1.54, 1.807) is 13.2 Å². The monoisotopic (exact) mass is 330 g/mol. The third-order valence-electron chi connectivity index (χ3n) is 4.53. The van der Waals surface area contributed by atoms with Gasteiger partial charge in [-0.2, -0.15) is 0 Å². The van der Waals surface area contributed by atoms with Crippen molar-refractivity contribution in [3.63, 3.8) is 0 Å². The van der Waals surface area contributed by atoms with E-state index in [4.69, 9.17) is 18.8 Å². The van der Waals surface area contributed by atoms with Gasteiger partial charge in [0, 0.05) is 0 Å². The third kappa shape index (κ3) is 4.29. The number of benzene rings is 1. The molecule has 0 N–H and O–H groups in total. The average Bonchev–Trinajstić information content (AvgIpc) is 2.75. The number of hydrogen-bond acceptors (Lipinski definition) is 4.